The van der Waals surface area contributed by atoms with Crippen molar-refractivity contribution >= 4 is 17.0 Å². The van der Waals surface area contributed by atoms with Crippen molar-refractivity contribution in [2.75, 3.05) is 13.1 Å². The number of carbonyl (C=O) groups excluding carboxylic acids is 1. The average molecular weight is 378 g/mol. The summed E-state index contributed by atoms with van der Waals surface area (Å²) in [6, 6.07) is 12.7. The number of carbonyl (C=O) groups is 1. The molecule has 1 N–H and O–H groups in total. The van der Waals surface area contributed by atoms with Crippen molar-refractivity contribution in [3.8, 4) is 11.5 Å². The summed E-state index contributed by atoms with van der Waals surface area (Å²) in [5, 5.41) is 6.96. The number of amides is 1. The van der Waals surface area contributed by atoms with E-state index in [1.807, 2.05) is 18.2 Å². The Morgan fingerprint density at radius 1 is 1.14 bits per heavy atom. The van der Waals surface area contributed by atoms with E-state index in [1.54, 1.807) is 40.0 Å². The van der Waals surface area contributed by atoms with Crippen LogP contribution in [0.15, 0.2) is 62.4 Å². The van der Waals surface area contributed by atoms with Gasteiger partial charge in [0, 0.05) is 25.2 Å². The molecule has 8 nitrogen and oxygen atoms in total. The third-order valence-corrected chi connectivity index (χ3v) is 5.22. The molecule has 0 bridgehead atoms. The predicted molar refractivity (Wildman–Crippen MR) is 101 cm³/mol. The van der Waals surface area contributed by atoms with Crippen LogP contribution < -0.4 is 5.76 Å². The highest BCUT2D eigenvalue weighted by Crippen LogP contribution is 2.27. The first-order chi connectivity index (χ1) is 13.7. The largest absolute Gasteiger partial charge is 0.463 e. The van der Waals surface area contributed by atoms with Gasteiger partial charge in [0.25, 0.3) is 5.91 Å². The second kappa shape index (κ2) is 6.56. The lowest BCUT2D eigenvalue weighted by molar-refractivity contribution is 0.0688. The number of oxazole rings is 1. The van der Waals surface area contributed by atoms with E-state index < -0.39 is 0 Å². The standard InChI is InChI=1S/C20H18N4O4/c25-19(15-12-14(21-22-15)17-6-3-11-27-17)23-9-7-13(8-10-23)24-16-4-1-2-5-18(16)28-20(24)26/h1-6,11-13H,7-10H2,(H,21,22). The maximum Gasteiger partial charge on any atom is 0.420 e. The van der Waals surface area contributed by atoms with Crippen LogP contribution in [0.25, 0.3) is 22.6 Å². The number of benzene rings is 1. The Labute approximate surface area is 159 Å². The number of hydrogen-bond donors (Lipinski definition) is 1. The van der Waals surface area contributed by atoms with Crippen LogP contribution in [0.3, 0.4) is 0 Å². The Bertz CT molecular complexity index is 1180. The number of nitrogens with zero attached hydrogens (tertiary/aromatic N) is 3. The minimum atomic E-state index is -0.346. The number of H-pyrrole nitrogens is 1. The first-order valence-electron chi connectivity index (χ1n) is 9.19. The van der Waals surface area contributed by atoms with Gasteiger partial charge in [-0.25, -0.2) is 4.79 Å². The first-order valence-corrected chi connectivity index (χ1v) is 9.19. The lowest BCUT2D eigenvalue weighted by Gasteiger charge is -2.31. The van der Waals surface area contributed by atoms with Gasteiger partial charge in [0.2, 0.25) is 0 Å². The quantitative estimate of drug-likeness (QED) is 0.591. The van der Waals surface area contributed by atoms with Crippen LogP contribution in [0.1, 0.15) is 29.4 Å². The van der Waals surface area contributed by atoms with E-state index in [9.17, 15) is 9.59 Å². The average Bonchev–Trinajstić information content (AvgIpc) is 3.46. The normalized spacial score (nSPS) is 15.4. The Morgan fingerprint density at radius 2 is 1.96 bits per heavy atom. The lowest BCUT2D eigenvalue weighted by atomic mass is 10.0. The van der Waals surface area contributed by atoms with Crippen LogP contribution in [-0.2, 0) is 0 Å². The van der Waals surface area contributed by atoms with Crippen LogP contribution in [-0.4, -0.2) is 38.7 Å². The maximum atomic E-state index is 12.8. The Kier molecular flexibility index (Phi) is 3.89. The highest BCUT2D eigenvalue weighted by molar-refractivity contribution is 5.93. The molecule has 3 aromatic heterocycles. The van der Waals surface area contributed by atoms with Crippen LogP contribution in [0, 0.1) is 0 Å². The minimum absolute atomic E-state index is 0.0121. The van der Waals surface area contributed by atoms with Crippen molar-refractivity contribution in [1.29, 1.82) is 0 Å². The summed E-state index contributed by atoms with van der Waals surface area (Å²) in [6.45, 7) is 1.11. The number of furan rings is 1. The van der Waals surface area contributed by atoms with E-state index in [2.05, 4.69) is 10.2 Å². The molecular formula is C20H18N4O4. The van der Waals surface area contributed by atoms with Crippen molar-refractivity contribution in [3.63, 3.8) is 0 Å². The van der Waals surface area contributed by atoms with Crippen molar-refractivity contribution in [1.82, 2.24) is 19.7 Å². The van der Waals surface area contributed by atoms with Gasteiger partial charge in [0.1, 0.15) is 5.69 Å². The van der Waals surface area contributed by atoms with Crippen molar-refractivity contribution in [3.05, 3.63) is 65.0 Å². The van der Waals surface area contributed by atoms with Gasteiger partial charge < -0.3 is 13.7 Å². The molecule has 1 aliphatic rings. The van der Waals surface area contributed by atoms with Crippen LogP contribution in [0.4, 0.5) is 0 Å². The molecule has 28 heavy (non-hydrogen) atoms. The molecule has 0 saturated carbocycles. The second-order valence-electron chi connectivity index (χ2n) is 6.87. The molecule has 1 saturated heterocycles. The fourth-order valence-electron chi connectivity index (χ4n) is 3.81. The number of likely N-dealkylation sites (tertiary alicyclic amines) is 1. The summed E-state index contributed by atoms with van der Waals surface area (Å²) in [7, 11) is 0. The van der Waals surface area contributed by atoms with E-state index >= 15 is 0 Å². The molecule has 1 fully saturated rings. The van der Waals surface area contributed by atoms with Gasteiger partial charge in [-0.2, -0.15) is 5.10 Å². The molecule has 142 valence electrons. The smallest absolute Gasteiger partial charge is 0.420 e. The maximum absolute atomic E-state index is 12.8. The number of para-hydroxylation sites is 2. The Morgan fingerprint density at radius 3 is 2.75 bits per heavy atom. The summed E-state index contributed by atoms with van der Waals surface area (Å²) in [4.78, 5) is 26.8. The summed E-state index contributed by atoms with van der Waals surface area (Å²) in [6.07, 6.45) is 2.94. The number of piperidine rings is 1. The summed E-state index contributed by atoms with van der Waals surface area (Å²) in [5.41, 5.74) is 2.41. The van der Waals surface area contributed by atoms with E-state index in [0.29, 0.717) is 48.7 Å². The van der Waals surface area contributed by atoms with E-state index in [0.717, 1.165) is 5.52 Å². The topological polar surface area (TPSA) is 97.3 Å². The number of aromatic nitrogens is 3. The summed E-state index contributed by atoms with van der Waals surface area (Å²) < 4.78 is 12.4. The molecule has 1 amide bonds. The molecule has 0 atom stereocenters. The summed E-state index contributed by atoms with van der Waals surface area (Å²) >= 11 is 0. The molecule has 8 heteroatoms. The van der Waals surface area contributed by atoms with Gasteiger partial charge in [0.05, 0.1) is 11.8 Å². The van der Waals surface area contributed by atoms with Gasteiger partial charge in [0.15, 0.2) is 17.0 Å². The molecule has 4 aromatic rings. The third-order valence-electron chi connectivity index (χ3n) is 5.22. The highest BCUT2D eigenvalue weighted by Gasteiger charge is 2.28. The molecule has 1 aliphatic heterocycles. The van der Waals surface area contributed by atoms with Gasteiger partial charge in [-0.3, -0.25) is 14.5 Å². The van der Waals surface area contributed by atoms with Crippen molar-refractivity contribution < 1.29 is 13.6 Å². The SMILES string of the molecule is O=C(c1cc(-c2ccco2)[nH]n1)N1CCC(n2c(=O)oc3ccccc32)CC1. The van der Waals surface area contributed by atoms with Gasteiger partial charge in [-0.05, 0) is 37.1 Å². The zero-order chi connectivity index (χ0) is 19.1. The van der Waals surface area contributed by atoms with Crippen molar-refractivity contribution in [2.45, 2.75) is 18.9 Å². The number of fused-ring (bicyclic) bond motifs is 1. The van der Waals surface area contributed by atoms with E-state index in [-0.39, 0.29) is 17.7 Å². The predicted octanol–water partition coefficient (Wildman–Crippen LogP) is 3.05. The van der Waals surface area contributed by atoms with Gasteiger partial charge in [-0.15, -0.1) is 0 Å². The zero-order valence-electron chi connectivity index (χ0n) is 15.0. The molecule has 0 aliphatic carbocycles. The van der Waals surface area contributed by atoms with Crippen LogP contribution >= 0.6 is 0 Å². The van der Waals surface area contributed by atoms with Crippen molar-refractivity contribution in [2.24, 2.45) is 0 Å². The molecule has 0 radical (unpaired) electrons. The first kappa shape index (κ1) is 16.6. The number of rotatable bonds is 3. The monoisotopic (exact) mass is 378 g/mol. The number of aromatic amines is 1. The fourth-order valence-corrected chi connectivity index (χ4v) is 3.81. The van der Waals surface area contributed by atoms with Crippen LogP contribution in [0.5, 0.6) is 0 Å². The second-order valence-corrected chi connectivity index (χ2v) is 6.87. The fraction of sp³-hybridized carbons (Fsp3) is 0.250. The lowest BCUT2D eigenvalue weighted by Crippen LogP contribution is -2.40. The number of nitrogens with one attached hydrogen (secondary N) is 1. The molecule has 0 unspecified atom stereocenters. The zero-order valence-corrected chi connectivity index (χ0v) is 15.0. The number of hydrogen-bond acceptors (Lipinski definition) is 5. The third kappa shape index (κ3) is 2.74. The van der Waals surface area contributed by atoms with Gasteiger partial charge in [-0.1, -0.05) is 12.1 Å². The molecule has 1 aromatic carbocycles. The van der Waals surface area contributed by atoms with Crippen LogP contribution in [0.2, 0.25) is 0 Å². The molecular weight excluding hydrogens is 360 g/mol. The van der Waals surface area contributed by atoms with E-state index in [4.69, 9.17) is 8.83 Å². The minimum Gasteiger partial charge on any atom is -0.463 e. The molecule has 5 rings (SSSR count). The molecule has 4 heterocycles. The van der Waals surface area contributed by atoms with Gasteiger partial charge >= 0.3 is 5.76 Å². The Balaban J connectivity index is 1.31. The highest BCUT2D eigenvalue weighted by atomic mass is 16.4. The Hall–Kier alpha value is -3.55. The van der Waals surface area contributed by atoms with E-state index in [1.165, 1.54) is 0 Å². The molecule has 0 spiro atoms. The summed E-state index contributed by atoms with van der Waals surface area (Å²) in [5.74, 6) is 0.162.